The summed E-state index contributed by atoms with van der Waals surface area (Å²) >= 11 is 0. The standard InChI is InChI=1S/C22H18O/c1-3-9-18-15(2)23-22-19-13-8-7-12-17(19)14-20(21(18)22)16-10-5-4-6-11-16/h3-14H,1-2H3/b9-3-. The van der Waals surface area contributed by atoms with Gasteiger partial charge in [-0.15, -0.1) is 0 Å². The maximum absolute atomic E-state index is 6.18. The predicted molar refractivity (Wildman–Crippen MR) is 98.6 cm³/mol. The van der Waals surface area contributed by atoms with Gasteiger partial charge in [-0.2, -0.15) is 0 Å². The number of hydrogen-bond donors (Lipinski definition) is 0. The second-order valence-electron chi connectivity index (χ2n) is 5.79. The lowest BCUT2D eigenvalue weighted by Crippen LogP contribution is -1.83. The number of benzene rings is 3. The molecule has 112 valence electrons. The van der Waals surface area contributed by atoms with Crippen molar-refractivity contribution < 1.29 is 4.42 Å². The average molecular weight is 298 g/mol. The van der Waals surface area contributed by atoms with Crippen molar-refractivity contribution in [2.75, 3.05) is 0 Å². The van der Waals surface area contributed by atoms with E-state index >= 15 is 0 Å². The molecule has 0 saturated heterocycles. The summed E-state index contributed by atoms with van der Waals surface area (Å²) in [5, 5.41) is 3.58. The van der Waals surface area contributed by atoms with Gasteiger partial charge in [-0.1, -0.05) is 66.7 Å². The third-order valence-electron chi connectivity index (χ3n) is 4.32. The Morgan fingerprint density at radius 2 is 1.65 bits per heavy atom. The molecule has 0 N–H and O–H groups in total. The smallest absolute Gasteiger partial charge is 0.143 e. The molecule has 23 heavy (non-hydrogen) atoms. The van der Waals surface area contributed by atoms with Gasteiger partial charge in [0.1, 0.15) is 11.3 Å². The van der Waals surface area contributed by atoms with Crippen molar-refractivity contribution in [3.05, 3.63) is 78.1 Å². The van der Waals surface area contributed by atoms with E-state index in [0.29, 0.717) is 0 Å². The van der Waals surface area contributed by atoms with Crippen LogP contribution in [0.3, 0.4) is 0 Å². The molecule has 1 heteroatoms. The van der Waals surface area contributed by atoms with E-state index < -0.39 is 0 Å². The van der Waals surface area contributed by atoms with Gasteiger partial charge in [0, 0.05) is 16.3 Å². The molecule has 0 radical (unpaired) electrons. The van der Waals surface area contributed by atoms with E-state index in [1.54, 1.807) is 0 Å². The Bertz CT molecular complexity index is 1020. The molecular formula is C22H18O. The molecule has 3 aromatic carbocycles. The van der Waals surface area contributed by atoms with E-state index in [0.717, 1.165) is 11.3 Å². The third kappa shape index (κ3) is 2.17. The fourth-order valence-corrected chi connectivity index (χ4v) is 3.28. The minimum absolute atomic E-state index is 0.964. The molecule has 0 saturated carbocycles. The number of aryl methyl sites for hydroxylation is 1. The van der Waals surface area contributed by atoms with Gasteiger partial charge in [-0.05, 0) is 36.4 Å². The van der Waals surface area contributed by atoms with E-state index in [1.807, 2.05) is 13.8 Å². The number of hydrogen-bond acceptors (Lipinski definition) is 1. The molecule has 0 aliphatic rings. The Labute approximate surface area is 135 Å². The van der Waals surface area contributed by atoms with Crippen LogP contribution in [0.25, 0.3) is 38.9 Å². The fraction of sp³-hybridized carbons (Fsp3) is 0.0909. The van der Waals surface area contributed by atoms with Crippen molar-refractivity contribution in [3.63, 3.8) is 0 Å². The first-order valence-electron chi connectivity index (χ1n) is 7.92. The van der Waals surface area contributed by atoms with Gasteiger partial charge in [0.2, 0.25) is 0 Å². The van der Waals surface area contributed by atoms with Gasteiger partial charge >= 0.3 is 0 Å². The zero-order valence-corrected chi connectivity index (χ0v) is 13.3. The Hall–Kier alpha value is -2.80. The number of rotatable bonds is 2. The summed E-state index contributed by atoms with van der Waals surface area (Å²) in [6, 6.07) is 21.2. The van der Waals surface area contributed by atoms with Crippen molar-refractivity contribution in [3.8, 4) is 11.1 Å². The lowest BCUT2D eigenvalue weighted by molar-refractivity contribution is 0.580. The molecule has 0 unspecified atom stereocenters. The average Bonchev–Trinajstić information content (AvgIpc) is 2.92. The molecule has 0 spiro atoms. The molecule has 0 atom stereocenters. The van der Waals surface area contributed by atoms with E-state index in [-0.39, 0.29) is 0 Å². The van der Waals surface area contributed by atoms with E-state index in [9.17, 15) is 0 Å². The Kier molecular flexibility index (Phi) is 3.27. The Balaban J connectivity index is 2.22. The van der Waals surface area contributed by atoms with Crippen LogP contribution in [-0.4, -0.2) is 0 Å². The maximum atomic E-state index is 6.18. The summed E-state index contributed by atoms with van der Waals surface area (Å²) in [6.07, 6.45) is 4.21. The predicted octanol–water partition coefficient (Wildman–Crippen LogP) is 6.59. The molecular weight excluding hydrogens is 280 g/mol. The van der Waals surface area contributed by atoms with E-state index in [1.165, 1.54) is 32.8 Å². The van der Waals surface area contributed by atoms with Crippen LogP contribution in [0.4, 0.5) is 0 Å². The quantitative estimate of drug-likeness (QED) is 0.406. The highest BCUT2D eigenvalue weighted by molar-refractivity contribution is 6.14. The van der Waals surface area contributed by atoms with E-state index in [4.69, 9.17) is 4.42 Å². The highest BCUT2D eigenvalue weighted by atomic mass is 16.3. The summed E-state index contributed by atoms with van der Waals surface area (Å²) in [4.78, 5) is 0. The number of furan rings is 1. The SMILES string of the molecule is C/C=C\c1c(C)oc2c1c(-c1ccccc1)cc1ccccc12. The molecule has 4 rings (SSSR count). The summed E-state index contributed by atoms with van der Waals surface area (Å²) in [5.74, 6) is 0.964. The molecule has 0 fully saturated rings. The highest BCUT2D eigenvalue weighted by Crippen LogP contribution is 2.40. The lowest BCUT2D eigenvalue weighted by Gasteiger charge is -2.08. The lowest BCUT2D eigenvalue weighted by atomic mass is 9.94. The molecule has 1 nitrogen and oxygen atoms in total. The second-order valence-corrected chi connectivity index (χ2v) is 5.79. The fourth-order valence-electron chi connectivity index (χ4n) is 3.28. The van der Waals surface area contributed by atoms with Gasteiger partial charge in [-0.3, -0.25) is 0 Å². The largest absolute Gasteiger partial charge is 0.460 e. The van der Waals surface area contributed by atoms with Gasteiger partial charge in [0.15, 0.2) is 0 Å². The molecule has 0 bridgehead atoms. The van der Waals surface area contributed by atoms with Crippen molar-refractivity contribution in [2.24, 2.45) is 0 Å². The molecule has 1 heterocycles. The second kappa shape index (κ2) is 5.44. The van der Waals surface area contributed by atoms with Crippen LogP contribution in [0.15, 0.2) is 71.2 Å². The molecule has 0 amide bonds. The molecule has 1 aromatic heterocycles. The minimum Gasteiger partial charge on any atom is -0.460 e. The third-order valence-corrected chi connectivity index (χ3v) is 4.32. The first kappa shape index (κ1) is 13.8. The number of allylic oxidation sites excluding steroid dienone is 1. The summed E-state index contributed by atoms with van der Waals surface area (Å²) < 4.78 is 6.18. The zero-order chi connectivity index (χ0) is 15.8. The summed E-state index contributed by atoms with van der Waals surface area (Å²) in [7, 11) is 0. The maximum Gasteiger partial charge on any atom is 0.143 e. The normalized spacial score (nSPS) is 11.7. The summed E-state index contributed by atoms with van der Waals surface area (Å²) in [5.41, 5.74) is 4.60. The van der Waals surface area contributed by atoms with Gasteiger partial charge in [0.05, 0.1) is 0 Å². The van der Waals surface area contributed by atoms with Crippen molar-refractivity contribution in [1.29, 1.82) is 0 Å². The monoisotopic (exact) mass is 298 g/mol. The molecule has 4 aromatic rings. The van der Waals surface area contributed by atoms with Gasteiger partial charge in [-0.25, -0.2) is 0 Å². The first-order chi connectivity index (χ1) is 11.3. The first-order valence-corrected chi connectivity index (χ1v) is 7.92. The highest BCUT2D eigenvalue weighted by Gasteiger charge is 2.16. The van der Waals surface area contributed by atoms with Gasteiger partial charge in [0.25, 0.3) is 0 Å². The van der Waals surface area contributed by atoms with Crippen LogP contribution in [0.2, 0.25) is 0 Å². The van der Waals surface area contributed by atoms with Crippen LogP contribution in [0.1, 0.15) is 18.2 Å². The van der Waals surface area contributed by atoms with Gasteiger partial charge < -0.3 is 4.42 Å². The Morgan fingerprint density at radius 3 is 2.43 bits per heavy atom. The number of fused-ring (bicyclic) bond motifs is 3. The van der Waals surface area contributed by atoms with Crippen molar-refractivity contribution in [1.82, 2.24) is 0 Å². The van der Waals surface area contributed by atoms with Crippen LogP contribution >= 0.6 is 0 Å². The van der Waals surface area contributed by atoms with Crippen LogP contribution in [-0.2, 0) is 0 Å². The van der Waals surface area contributed by atoms with Crippen molar-refractivity contribution in [2.45, 2.75) is 13.8 Å². The minimum atomic E-state index is 0.964. The zero-order valence-electron chi connectivity index (χ0n) is 13.3. The molecule has 0 aliphatic carbocycles. The topological polar surface area (TPSA) is 13.1 Å². The van der Waals surface area contributed by atoms with E-state index in [2.05, 4.69) is 72.8 Å². The van der Waals surface area contributed by atoms with Crippen LogP contribution < -0.4 is 0 Å². The Morgan fingerprint density at radius 1 is 0.913 bits per heavy atom. The van der Waals surface area contributed by atoms with Crippen LogP contribution in [0, 0.1) is 6.92 Å². The van der Waals surface area contributed by atoms with Crippen LogP contribution in [0.5, 0.6) is 0 Å². The van der Waals surface area contributed by atoms with Crippen molar-refractivity contribution >= 4 is 27.8 Å². The molecule has 0 aliphatic heterocycles. The summed E-state index contributed by atoms with van der Waals surface area (Å²) in [6.45, 7) is 4.08.